The molecule has 128 valence electrons. The molecule has 1 heterocycles. The van der Waals surface area contributed by atoms with Gasteiger partial charge in [0.2, 0.25) is 5.88 Å². The highest BCUT2D eigenvalue weighted by molar-refractivity contribution is 6.00. The van der Waals surface area contributed by atoms with E-state index in [0.29, 0.717) is 17.9 Å². The first kappa shape index (κ1) is 17.7. The fraction of sp³-hybridized carbons (Fsp3) is 0.353. The fourth-order valence-corrected chi connectivity index (χ4v) is 2.38. The Bertz CT molecular complexity index is 835. The summed E-state index contributed by atoms with van der Waals surface area (Å²) in [5.74, 6) is -0.399. The first-order chi connectivity index (χ1) is 11.4. The van der Waals surface area contributed by atoms with Crippen molar-refractivity contribution >= 4 is 5.71 Å². The fourth-order valence-electron chi connectivity index (χ4n) is 2.38. The van der Waals surface area contributed by atoms with E-state index in [4.69, 9.17) is 0 Å². The highest BCUT2D eigenvalue weighted by atomic mass is 16.3. The molecule has 1 aromatic carbocycles. The Balaban J connectivity index is 2.43. The monoisotopic (exact) mass is 330 g/mol. The summed E-state index contributed by atoms with van der Waals surface area (Å²) in [6.07, 6.45) is 0.835. The standard InChI is InChI=1S/C17H22N4O3/c1-12(18-10-7-11-20(2)3)14-15(22)19-17(24)21(16(14)23)13-8-5-4-6-9-13/h4-6,8-9,23H,7,10-11H2,1-3H3,(H,19,22,24). The van der Waals surface area contributed by atoms with Crippen LogP contribution in [0.3, 0.4) is 0 Å². The molecule has 1 aromatic heterocycles. The summed E-state index contributed by atoms with van der Waals surface area (Å²) in [6, 6.07) is 8.64. The summed E-state index contributed by atoms with van der Waals surface area (Å²) >= 11 is 0. The van der Waals surface area contributed by atoms with Crippen molar-refractivity contribution in [2.24, 2.45) is 4.99 Å². The van der Waals surface area contributed by atoms with E-state index in [1.807, 2.05) is 19.0 Å². The van der Waals surface area contributed by atoms with Crippen LogP contribution >= 0.6 is 0 Å². The molecule has 2 rings (SSSR count). The van der Waals surface area contributed by atoms with E-state index in [2.05, 4.69) is 9.98 Å². The summed E-state index contributed by atoms with van der Waals surface area (Å²) in [4.78, 5) is 32.8. The SMILES string of the molecule is CC(=NCCCN(C)C)c1c(O)n(-c2ccccc2)c(=O)[nH]c1=O. The normalized spacial score (nSPS) is 11.9. The van der Waals surface area contributed by atoms with Gasteiger partial charge in [-0.05, 0) is 46.1 Å². The topological polar surface area (TPSA) is 90.7 Å². The lowest BCUT2D eigenvalue weighted by Gasteiger charge is -2.11. The van der Waals surface area contributed by atoms with Crippen molar-refractivity contribution < 1.29 is 5.11 Å². The molecule has 0 bridgehead atoms. The van der Waals surface area contributed by atoms with Crippen LogP contribution in [0.4, 0.5) is 0 Å². The van der Waals surface area contributed by atoms with Gasteiger partial charge in [0, 0.05) is 12.3 Å². The molecule has 0 atom stereocenters. The van der Waals surface area contributed by atoms with Crippen LogP contribution in [-0.2, 0) is 0 Å². The maximum Gasteiger partial charge on any atom is 0.335 e. The molecule has 24 heavy (non-hydrogen) atoms. The lowest BCUT2D eigenvalue weighted by molar-refractivity contribution is 0.403. The van der Waals surface area contributed by atoms with Gasteiger partial charge in [0.25, 0.3) is 5.56 Å². The van der Waals surface area contributed by atoms with Gasteiger partial charge >= 0.3 is 5.69 Å². The van der Waals surface area contributed by atoms with Crippen LogP contribution in [0.25, 0.3) is 5.69 Å². The van der Waals surface area contributed by atoms with Crippen LogP contribution in [-0.4, -0.2) is 52.5 Å². The van der Waals surface area contributed by atoms with Crippen molar-refractivity contribution in [3.05, 3.63) is 56.7 Å². The van der Waals surface area contributed by atoms with E-state index < -0.39 is 17.1 Å². The van der Waals surface area contributed by atoms with Gasteiger partial charge in [-0.2, -0.15) is 0 Å². The molecule has 0 aliphatic carbocycles. The van der Waals surface area contributed by atoms with Gasteiger partial charge in [0.05, 0.1) is 5.69 Å². The third-order valence-electron chi connectivity index (χ3n) is 3.57. The molecular formula is C17H22N4O3. The summed E-state index contributed by atoms with van der Waals surface area (Å²) in [5, 5.41) is 10.5. The first-order valence-electron chi connectivity index (χ1n) is 7.71. The smallest absolute Gasteiger partial charge is 0.335 e. The average molecular weight is 330 g/mol. The number of para-hydroxylation sites is 1. The number of nitrogens with one attached hydrogen (secondary N) is 1. The first-order valence-corrected chi connectivity index (χ1v) is 7.71. The number of hydrogen-bond acceptors (Lipinski definition) is 5. The van der Waals surface area contributed by atoms with Crippen LogP contribution in [0.2, 0.25) is 0 Å². The zero-order valence-corrected chi connectivity index (χ0v) is 14.1. The van der Waals surface area contributed by atoms with Gasteiger partial charge in [-0.15, -0.1) is 0 Å². The van der Waals surface area contributed by atoms with E-state index in [1.165, 1.54) is 0 Å². The minimum atomic E-state index is -0.687. The van der Waals surface area contributed by atoms with Crippen molar-refractivity contribution in [1.82, 2.24) is 14.5 Å². The van der Waals surface area contributed by atoms with Gasteiger partial charge in [-0.1, -0.05) is 18.2 Å². The molecule has 2 N–H and O–H groups in total. The van der Waals surface area contributed by atoms with E-state index >= 15 is 0 Å². The number of aromatic amines is 1. The van der Waals surface area contributed by atoms with Gasteiger partial charge in [-0.25, -0.2) is 9.36 Å². The minimum absolute atomic E-state index is 0.0170. The molecule has 2 aromatic rings. The van der Waals surface area contributed by atoms with E-state index in [-0.39, 0.29) is 5.56 Å². The summed E-state index contributed by atoms with van der Waals surface area (Å²) in [5.41, 5.74) is -0.440. The number of rotatable bonds is 6. The molecule has 7 nitrogen and oxygen atoms in total. The number of hydrogen-bond donors (Lipinski definition) is 2. The Morgan fingerprint density at radius 2 is 1.92 bits per heavy atom. The maximum absolute atomic E-state index is 12.1. The van der Waals surface area contributed by atoms with Crippen molar-refractivity contribution in [1.29, 1.82) is 0 Å². The number of aliphatic imine (C=N–C) groups is 1. The van der Waals surface area contributed by atoms with E-state index in [0.717, 1.165) is 17.5 Å². The van der Waals surface area contributed by atoms with Crippen molar-refractivity contribution in [2.45, 2.75) is 13.3 Å². The molecule has 0 aliphatic rings. The van der Waals surface area contributed by atoms with Crippen LogP contribution in [0.15, 0.2) is 44.9 Å². The largest absolute Gasteiger partial charge is 0.493 e. The Morgan fingerprint density at radius 3 is 2.54 bits per heavy atom. The lowest BCUT2D eigenvalue weighted by atomic mass is 10.2. The Morgan fingerprint density at radius 1 is 1.25 bits per heavy atom. The molecular weight excluding hydrogens is 308 g/mol. The van der Waals surface area contributed by atoms with Gasteiger partial charge in [0.15, 0.2) is 0 Å². The van der Waals surface area contributed by atoms with Gasteiger partial charge < -0.3 is 10.0 Å². The zero-order chi connectivity index (χ0) is 17.7. The second-order valence-electron chi connectivity index (χ2n) is 5.75. The summed E-state index contributed by atoms with van der Waals surface area (Å²) in [7, 11) is 3.95. The number of aromatic nitrogens is 2. The highest BCUT2D eigenvalue weighted by Gasteiger charge is 2.17. The van der Waals surface area contributed by atoms with Crippen molar-refractivity contribution in [2.75, 3.05) is 27.2 Å². The molecule has 0 fully saturated rings. The summed E-state index contributed by atoms with van der Waals surface area (Å²) in [6.45, 7) is 3.07. The molecule has 0 saturated carbocycles. The van der Waals surface area contributed by atoms with E-state index in [1.54, 1.807) is 37.3 Å². The molecule has 0 aliphatic heterocycles. The molecule has 0 radical (unpaired) electrons. The Labute approximate surface area is 139 Å². The Kier molecular flexibility index (Phi) is 5.70. The second-order valence-corrected chi connectivity index (χ2v) is 5.75. The molecule has 0 unspecified atom stereocenters. The molecule has 7 heteroatoms. The third kappa shape index (κ3) is 3.99. The highest BCUT2D eigenvalue weighted by Crippen LogP contribution is 2.16. The molecule has 0 spiro atoms. The zero-order valence-electron chi connectivity index (χ0n) is 14.1. The van der Waals surface area contributed by atoms with Crippen LogP contribution in [0.1, 0.15) is 18.9 Å². The number of H-pyrrole nitrogens is 1. The van der Waals surface area contributed by atoms with Gasteiger partial charge in [0.1, 0.15) is 5.56 Å². The second kappa shape index (κ2) is 7.74. The van der Waals surface area contributed by atoms with Crippen LogP contribution in [0, 0.1) is 0 Å². The minimum Gasteiger partial charge on any atom is -0.493 e. The molecule has 0 amide bonds. The number of aromatic hydroxyl groups is 1. The van der Waals surface area contributed by atoms with E-state index in [9.17, 15) is 14.7 Å². The van der Waals surface area contributed by atoms with Crippen molar-refractivity contribution in [3.8, 4) is 11.6 Å². The predicted molar refractivity (Wildman–Crippen MR) is 94.6 cm³/mol. The third-order valence-corrected chi connectivity index (χ3v) is 3.57. The maximum atomic E-state index is 12.1. The van der Waals surface area contributed by atoms with Crippen LogP contribution in [0.5, 0.6) is 5.88 Å². The number of nitrogens with zero attached hydrogens (tertiary/aromatic N) is 3. The Hall–Kier alpha value is -2.67. The predicted octanol–water partition coefficient (Wildman–Crippen LogP) is 0.992. The average Bonchev–Trinajstić information content (AvgIpc) is 2.52. The van der Waals surface area contributed by atoms with Gasteiger partial charge in [-0.3, -0.25) is 14.8 Å². The van der Waals surface area contributed by atoms with Crippen LogP contribution < -0.4 is 11.2 Å². The number of benzene rings is 1. The lowest BCUT2D eigenvalue weighted by Crippen LogP contribution is -2.32. The molecule has 0 saturated heterocycles. The summed E-state index contributed by atoms with van der Waals surface area (Å²) < 4.78 is 1.07. The van der Waals surface area contributed by atoms with Crippen molar-refractivity contribution in [3.63, 3.8) is 0 Å². The quantitative estimate of drug-likeness (QED) is 0.610.